The third-order valence-corrected chi connectivity index (χ3v) is 3.70. The van der Waals surface area contributed by atoms with Gasteiger partial charge in [-0.25, -0.2) is 0 Å². The molecule has 0 bridgehead atoms. The van der Waals surface area contributed by atoms with E-state index in [1.54, 1.807) is 0 Å². The number of rotatable bonds is 5. The number of hydrogen-bond donors (Lipinski definition) is 1. The van der Waals surface area contributed by atoms with Gasteiger partial charge in [-0.3, -0.25) is 4.99 Å². The van der Waals surface area contributed by atoms with Crippen LogP contribution in [0.4, 0.5) is 11.4 Å². The first-order chi connectivity index (χ1) is 11.3. The largest absolute Gasteiger partial charge is 0.381 e. The van der Waals surface area contributed by atoms with Crippen LogP contribution >= 0.6 is 0 Å². The first kappa shape index (κ1) is 15.0. The molecule has 114 valence electrons. The lowest BCUT2D eigenvalue weighted by atomic mass is 10.1. The van der Waals surface area contributed by atoms with E-state index in [9.17, 15) is 0 Å². The maximum absolute atomic E-state index is 4.65. The SMILES string of the molecule is CC(=Nc1ccccc1)c1ccc(CNc2ccccc2)cc1. The molecule has 0 aliphatic heterocycles. The van der Waals surface area contributed by atoms with Crippen molar-refractivity contribution >= 4 is 17.1 Å². The van der Waals surface area contributed by atoms with Gasteiger partial charge in [0.2, 0.25) is 0 Å². The predicted molar refractivity (Wildman–Crippen MR) is 98.5 cm³/mol. The average Bonchev–Trinajstić information content (AvgIpc) is 2.62. The number of hydrogen-bond acceptors (Lipinski definition) is 2. The summed E-state index contributed by atoms with van der Waals surface area (Å²) in [6.07, 6.45) is 0. The Labute approximate surface area is 137 Å². The maximum atomic E-state index is 4.65. The quantitative estimate of drug-likeness (QED) is 0.623. The normalized spacial score (nSPS) is 11.3. The molecule has 0 saturated heterocycles. The number of benzene rings is 3. The van der Waals surface area contributed by atoms with Gasteiger partial charge >= 0.3 is 0 Å². The molecule has 3 aromatic rings. The van der Waals surface area contributed by atoms with Crippen molar-refractivity contribution in [3.8, 4) is 0 Å². The lowest BCUT2D eigenvalue weighted by Gasteiger charge is -2.07. The lowest BCUT2D eigenvalue weighted by Crippen LogP contribution is -2.00. The van der Waals surface area contributed by atoms with E-state index in [4.69, 9.17) is 0 Å². The minimum atomic E-state index is 0.819. The first-order valence-corrected chi connectivity index (χ1v) is 7.80. The second-order valence-electron chi connectivity index (χ2n) is 5.45. The van der Waals surface area contributed by atoms with Crippen molar-refractivity contribution in [1.29, 1.82) is 0 Å². The summed E-state index contributed by atoms with van der Waals surface area (Å²) in [5, 5.41) is 3.42. The van der Waals surface area contributed by atoms with Gasteiger partial charge in [-0.2, -0.15) is 0 Å². The zero-order valence-corrected chi connectivity index (χ0v) is 13.2. The van der Waals surface area contributed by atoms with Gasteiger partial charge in [0.05, 0.1) is 5.69 Å². The maximum Gasteiger partial charge on any atom is 0.0633 e. The van der Waals surface area contributed by atoms with E-state index in [1.807, 2.05) is 55.5 Å². The van der Waals surface area contributed by atoms with Gasteiger partial charge in [-0.1, -0.05) is 60.7 Å². The fourth-order valence-corrected chi connectivity index (χ4v) is 2.38. The van der Waals surface area contributed by atoms with Crippen molar-refractivity contribution in [2.75, 3.05) is 5.32 Å². The van der Waals surface area contributed by atoms with E-state index < -0.39 is 0 Å². The highest BCUT2D eigenvalue weighted by molar-refractivity contribution is 6.00. The monoisotopic (exact) mass is 300 g/mol. The standard InChI is InChI=1S/C21H20N2/c1-17(23-21-10-6-3-7-11-21)19-14-12-18(13-15-19)16-22-20-8-4-2-5-9-20/h2-15,22H,16H2,1H3. The van der Waals surface area contributed by atoms with Crippen LogP contribution in [0.15, 0.2) is 89.9 Å². The molecule has 0 aliphatic carbocycles. The van der Waals surface area contributed by atoms with Crippen molar-refractivity contribution in [2.45, 2.75) is 13.5 Å². The van der Waals surface area contributed by atoms with E-state index in [0.29, 0.717) is 0 Å². The number of para-hydroxylation sites is 2. The van der Waals surface area contributed by atoms with E-state index in [2.05, 4.69) is 46.7 Å². The number of anilines is 1. The van der Waals surface area contributed by atoms with Crippen LogP contribution in [-0.2, 0) is 6.54 Å². The molecule has 23 heavy (non-hydrogen) atoms. The minimum absolute atomic E-state index is 0.819. The van der Waals surface area contributed by atoms with Gasteiger partial charge in [0.1, 0.15) is 0 Å². The fourth-order valence-electron chi connectivity index (χ4n) is 2.38. The smallest absolute Gasteiger partial charge is 0.0633 e. The van der Waals surface area contributed by atoms with E-state index in [-0.39, 0.29) is 0 Å². The summed E-state index contributed by atoms with van der Waals surface area (Å²) in [6.45, 7) is 2.86. The third-order valence-electron chi connectivity index (χ3n) is 3.70. The Morgan fingerprint density at radius 3 is 2.04 bits per heavy atom. The van der Waals surface area contributed by atoms with Crippen LogP contribution in [0, 0.1) is 0 Å². The highest BCUT2D eigenvalue weighted by Crippen LogP contribution is 2.14. The van der Waals surface area contributed by atoms with Crippen LogP contribution in [0.2, 0.25) is 0 Å². The Morgan fingerprint density at radius 1 is 0.783 bits per heavy atom. The van der Waals surface area contributed by atoms with E-state index in [0.717, 1.165) is 29.2 Å². The summed E-state index contributed by atoms with van der Waals surface area (Å²) < 4.78 is 0. The van der Waals surface area contributed by atoms with Crippen LogP contribution in [-0.4, -0.2) is 5.71 Å². The molecule has 1 N–H and O–H groups in total. The van der Waals surface area contributed by atoms with Gasteiger partial charge in [0.15, 0.2) is 0 Å². The molecular formula is C21H20N2. The van der Waals surface area contributed by atoms with E-state index in [1.165, 1.54) is 5.56 Å². The van der Waals surface area contributed by atoms with E-state index >= 15 is 0 Å². The predicted octanol–water partition coefficient (Wildman–Crippen LogP) is 5.44. The lowest BCUT2D eigenvalue weighted by molar-refractivity contribution is 1.15. The Bertz CT molecular complexity index is 760. The van der Waals surface area contributed by atoms with Crippen LogP contribution in [0.5, 0.6) is 0 Å². The zero-order chi connectivity index (χ0) is 15.9. The second-order valence-corrected chi connectivity index (χ2v) is 5.45. The Balaban J connectivity index is 1.66. The molecule has 3 aromatic carbocycles. The summed E-state index contributed by atoms with van der Waals surface area (Å²) in [4.78, 5) is 4.65. The molecule has 2 nitrogen and oxygen atoms in total. The van der Waals surface area contributed by atoms with Gasteiger partial charge in [0.25, 0.3) is 0 Å². The second kappa shape index (κ2) is 7.41. The summed E-state index contributed by atoms with van der Waals surface area (Å²) >= 11 is 0. The molecule has 0 atom stereocenters. The molecule has 0 amide bonds. The molecule has 2 heteroatoms. The molecule has 0 spiro atoms. The molecular weight excluding hydrogens is 280 g/mol. The summed E-state index contributed by atoms with van der Waals surface area (Å²) in [5.41, 5.74) is 5.56. The van der Waals surface area contributed by atoms with Crippen molar-refractivity contribution in [2.24, 2.45) is 4.99 Å². The van der Waals surface area contributed by atoms with Crippen LogP contribution in [0.25, 0.3) is 0 Å². The van der Waals surface area contributed by atoms with Gasteiger partial charge in [-0.15, -0.1) is 0 Å². The van der Waals surface area contributed by atoms with Crippen LogP contribution in [0.1, 0.15) is 18.1 Å². The zero-order valence-electron chi connectivity index (χ0n) is 13.2. The average molecular weight is 300 g/mol. The third kappa shape index (κ3) is 4.30. The molecule has 0 heterocycles. The highest BCUT2D eigenvalue weighted by atomic mass is 14.9. The van der Waals surface area contributed by atoms with Gasteiger partial charge in [0, 0.05) is 17.9 Å². The molecule has 0 fully saturated rings. The van der Waals surface area contributed by atoms with Gasteiger partial charge in [-0.05, 0) is 42.3 Å². The van der Waals surface area contributed by atoms with Gasteiger partial charge < -0.3 is 5.32 Å². The first-order valence-electron chi connectivity index (χ1n) is 7.80. The summed E-state index contributed by atoms with van der Waals surface area (Å²) in [6, 6.07) is 28.8. The van der Waals surface area contributed by atoms with Crippen LogP contribution < -0.4 is 5.32 Å². The summed E-state index contributed by atoms with van der Waals surface area (Å²) in [5.74, 6) is 0. The molecule has 3 rings (SSSR count). The van der Waals surface area contributed by atoms with Crippen molar-refractivity contribution in [3.05, 3.63) is 96.1 Å². The molecule has 0 aliphatic rings. The van der Waals surface area contributed by atoms with Crippen molar-refractivity contribution < 1.29 is 0 Å². The van der Waals surface area contributed by atoms with Crippen LogP contribution in [0.3, 0.4) is 0 Å². The number of nitrogens with one attached hydrogen (secondary N) is 1. The Hall–Kier alpha value is -2.87. The molecule has 0 aromatic heterocycles. The minimum Gasteiger partial charge on any atom is -0.381 e. The van der Waals surface area contributed by atoms with Crippen molar-refractivity contribution in [3.63, 3.8) is 0 Å². The van der Waals surface area contributed by atoms with Crippen molar-refractivity contribution in [1.82, 2.24) is 0 Å². The molecule has 0 radical (unpaired) electrons. The highest BCUT2D eigenvalue weighted by Gasteiger charge is 1.99. The molecule has 0 saturated carbocycles. The Kier molecular flexibility index (Phi) is 4.85. The fraction of sp³-hybridized carbons (Fsp3) is 0.0952. The number of aliphatic imine (C=N–C) groups is 1. The number of nitrogens with zero attached hydrogens (tertiary/aromatic N) is 1. The Morgan fingerprint density at radius 2 is 1.39 bits per heavy atom. The molecule has 0 unspecified atom stereocenters. The topological polar surface area (TPSA) is 24.4 Å². The summed E-state index contributed by atoms with van der Waals surface area (Å²) in [7, 11) is 0.